The molecular formula is C12H24N2O. The molecule has 0 bridgehead atoms. The number of nitrogens with two attached hydrogens (primary N) is 1. The molecule has 0 saturated heterocycles. The Morgan fingerprint density at radius 1 is 1.53 bits per heavy atom. The van der Waals surface area contributed by atoms with Gasteiger partial charge >= 0.3 is 0 Å². The predicted octanol–water partition coefficient (Wildman–Crippen LogP) is 1.67. The minimum absolute atomic E-state index is 0.189. The molecule has 0 aromatic heterocycles. The zero-order chi connectivity index (χ0) is 11.1. The summed E-state index contributed by atoms with van der Waals surface area (Å²) >= 11 is 0. The molecule has 0 heterocycles. The Labute approximate surface area is 92.8 Å². The SMILES string of the molecule is CC(CN)CNC(=O)CCCC1CCC1. The van der Waals surface area contributed by atoms with Crippen LogP contribution in [0, 0.1) is 11.8 Å². The Bertz CT molecular complexity index is 190. The Morgan fingerprint density at radius 3 is 2.80 bits per heavy atom. The molecule has 1 rings (SSSR count). The Morgan fingerprint density at radius 2 is 2.27 bits per heavy atom. The van der Waals surface area contributed by atoms with Crippen LogP contribution in [0.4, 0.5) is 0 Å². The van der Waals surface area contributed by atoms with E-state index in [4.69, 9.17) is 5.73 Å². The zero-order valence-electron chi connectivity index (χ0n) is 9.80. The highest BCUT2D eigenvalue weighted by Gasteiger charge is 2.16. The largest absolute Gasteiger partial charge is 0.356 e. The van der Waals surface area contributed by atoms with Gasteiger partial charge in [0.05, 0.1) is 0 Å². The van der Waals surface area contributed by atoms with Gasteiger partial charge in [-0.05, 0) is 31.2 Å². The monoisotopic (exact) mass is 212 g/mol. The van der Waals surface area contributed by atoms with E-state index in [0.717, 1.165) is 18.9 Å². The van der Waals surface area contributed by atoms with E-state index in [1.54, 1.807) is 0 Å². The van der Waals surface area contributed by atoms with Crippen LogP contribution in [0.15, 0.2) is 0 Å². The van der Waals surface area contributed by atoms with Gasteiger partial charge in [0.1, 0.15) is 0 Å². The lowest BCUT2D eigenvalue weighted by Crippen LogP contribution is -2.31. The van der Waals surface area contributed by atoms with E-state index in [2.05, 4.69) is 12.2 Å². The summed E-state index contributed by atoms with van der Waals surface area (Å²) in [6.45, 7) is 3.41. The zero-order valence-corrected chi connectivity index (χ0v) is 9.80. The first kappa shape index (κ1) is 12.5. The molecular weight excluding hydrogens is 188 g/mol. The molecule has 1 atom stereocenters. The summed E-state index contributed by atoms with van der Waals surface area (Å²) in [6, 6.07) is 0. The van der Waals surface area contributed by atoms with Gasteiger partial charge in [-0.25, -0.2) is 0 Å². The van der Waals surface area contributed by atoms with Crippen LogP contribution in [0.25, 0.3) is 0 Å². The molecule has 1 saturated carbocycles. The highest BCUT2D eigenvalue weighted by atomic mass is 16.1. The van der Waals surface area contributed by atoms with Crippen molar-refractivity contribution in [2.45, 2.75) is 45.4 Å². The molecule has 0 spiro atoms. The maximum Gasteiger partial charge on any atom is 0.220 e. The number of carbonyl (C=O) groups is 1. The lowest BCUT2D eigenvalue weighted by atomic mass is 9.82. The Balaban J connectivity index is 1.93. The third kappa shape index (κ3) is 5.17. The molecule has 1 aliphatic rings. The van der Waals surface area contributed by atoms with E-state index in [9.17, 15) is 4.79 Å². The fourth-order valence-electron chi connectivity index (χ4n) is 1.79. The Kier molecular flexibility index (Phi) is 5.69. The van der Waals surface area contributed by atoms with Gasteiger partial charge in [-0.1, -0.05) is 26.2 Å². The quantitative estimate of drug-likeness (QED) is 0.674. The number of hydrogen-bond donors (Lipinski definition) is 2. The van der Waals surface area contributed by atoms with E-state index in [1.807, 2.05) is 0 Å². The second kappa shape index (κ2) is 6.83. The van der Waals surface area contributed by atoms with Crippen LogP contribution in [0.3, 0.4) is 0 Å². The smallest absolute Gasteiger partial charge is 0.220 e. The molecule has 3 heteroatoms. The first-order chi connectivity index (χ1) is 7.22. The average molecular weight is 212 g/mol. The normalized spacial score (nSPS) is 18.3. The number of amides is 1. The third-order valence-electron chi connectivity index (χ3n) is 3.29. The van der Waals surface area contributed by atoms with Gasteiger partial charge in [0.2, 0.25) is 5.91 Å². The van der Waals surface area contributed by atoms with Crippen molar-refractivity contribution in [3.05, 3.63) is 0 Å². The van der Waals surface area contributed by atoms with Crippen LogP contribution in [-0.4, -0.2) is 19.0 Å². The van der Waals surface area contributed by atoms with Crippen molar-refractivity contribution >= 4 is 5.91 Å². The summed E-state index contributed by atoms with van der Waals surface area (Å²) in [4.78, 5) is 11.4. The molecule has 88 valence electrons. The van der Waals surface area contributed by atoms with Crippen molar-refractivity contribution in [1.29, 1.82) is 0 Å². The second-order valence-electron chi connectivity index (χ2n) is 4.83. The number of hydrogen-bond acceptors (Lipinski definition) is 2. The van der Waals surface area contributed by atoms with Crippen LogP contribution in [0.1, 0.15) is 45.4 Å². The predicted molar refractivity (Wildman–Crippen MR) is 62.4 cm³/mol. The van der Waals surface area contributed by atoms with Crippen LogP contribution >= 0.6 is 0 Å². The van der Waals surface area contributed by atoms with Gasteiger partial charge < -0.3 is 11.1 Å². The lowest BCUT2D eigenvalue weighted by Gasteiger charge is -2.24. The highest BCUT2D eigenvalue weighted by Crippen LogP contribution is 2.30. The van der Waals surface area contributed by atoms with Crippen LogP contribution in [0.2, 0.25) is 0 Å². The van der Waals surface area contributed by atoms with Gasteiger partial charge in [0.25, 0.3) is 0 Å². The molecule has 3 nitrogen and oxygen atoms in total. The molecule has 0 aromatic carbocycles. The summed E-state index contributed by atoms with van der Waals surface area (Å²) in [7, 11) is 0. The summed E-state index contributed by atoms with van der Waals surface area (Å²) in [5.74, 6) is 1.50. The van der Waals surface area contributed by atoms with Crippen molar-refractivity contribution in [1.82, 2.24) is 5.32 Å². The molecule has 0 aliphatic heterocycles. The van der Waals surface area contributed by atoms with E-state index in [0.29, 0.717) is 18.9 Å². The van der Waals surface area contributed by atoms with E-state index >= 15 is 0 Å². The number of nitrogens with one attached hydrogen (secondary N) is 1. The molecule has 0 radical (unpaired) electrons. The minimum atomic E-state index is 0.189. The lowest BCUT2D eigenvalue weighted by molar-refractivity contribution is -0.121. The molecule has 1 amide bonds. The first-order valence-electron chi connectivity index (χ1n) is 6.19. The van der Waals surface area contributed by atoms with Crippen molar-refractivity contribution in [2.24, 2.45) is 17.6 Å². The maximum absolute atomic E-state index is 11.4. The number of carbonyl (C=O) groups excluding carboxylic acids is 1. The first-order valence-corrected chi connectivity index (χ1v) is 6.19. The molecule has 1 aliphatic carbocycles. The minimum Gasteiger partial charge on any atom is -0.356 e. The van der Waals surface area contributed by atoms with Gasteiger partial charge in [-0.15, -0.1) is 0 Å². The molecule has 3 N–H and O–H groups in total. The van der Waals surface area contributed by atoms with Gasteiger partial charge in [0, 0.05) is 13.0 Å². The Hall–Kier alpha value is -0.570. The van der Waals surface area contributed by atoms with Gasteiger partial charge in [-0.2, -0.15) is 0 Å². The highest BCUT2D eigenvalue weighted by molar-refractivity contribution is 5.75. The summed E-state index contributed by atoms with van der Waals surface area (Å²) in [5.41, 5.74) is 5.47. The van der Waals surface area contributed by atoms with E-state index in [-0.39, 0.29) is 5.91 Å². The molecule has 1 fully saturated rings. The van der Waals surface area contributed by atoms with Crippen molar-refractivity contribution < 1.29 is 4.79 Å². The van der Waals surface area contributed by atoms with Crippen molar-refractivity contribution in [3.8, 4) is 0 Å². The number of rotatable bonds is 7. The summed E-state index contributed by atoms with van der Waals surface area (Å²) < 4.78 is 0. The van der Waals surface area contributed by atoms with E-state index in [1.165, 1.54) is 25.7 Å². The van der Waals surface area contributed by atoms with E-state index < -0.39 is 0 Å². The van der Waals surface area contributed by atoms with Crippen LogP contribution in [-0.2, 0) is 4.79 Å². The van der Waals surface area contributed by atoms with Crippen LogP contribution in [0.5, 0.6) is 0 Å². The standard InChI is InChI=1S/C12H24N2O/c1-10(8-13)9-14-12(15)7-3-6-11-4-2-5-11/h10-11H,2-9,13H2,1H3,(H,14,15). The average Bonchev–Trinajstić information content (AvgIpc) is 2.18. The maximum atomic E-state index is 11.4. The van der Waals surface area contributed by atoms with Gasteiger partial charge in [0.15, 0.2) is 0 Å². The molecule has 0 aromatic rings. The van der Waals surface area contributed by atoms with Crippen LogP contribution < -0.4 is 11.1 Å². The molecule has 15 heavy (non-hydrogen) atoms. The summed E-state index contributed by atoms with van der Waals surface area (Å²) in [5, 5.41) is 2.92. The van der Waals surface area contributed by atoms with Crippen molar-refractivity contribution in [3.63, 3.8) is 0 Å². The summed E-state index contributed by atoms with van der Waals surface area (Å²) in [6.07, 6.45) is 7.13. The fourth-order valence-corrected chi connectivity index (χ4v) is 1.79. The van der Waals surface area contributed by atoms with Gasteiger partial charge in [-0.3, -0.25) is 4.79 Å². The fraction of sp³-hybridized carbons (Fsp3) is 0.917. The van der Waals surface area contributed by atoms with Crippen molar-refractivity contribution in [2.75, 3.05) is 13.1 Å². The second-order valence-corrected chi connectivity index (χ2v) is 4.83. The molecule has 1 unspecified atom stereocenters. The third-order valence-corrected chi connectivity index (χ3v) is 3.29. The topological polar surface area (TPSA) is 55.1 Å².